The van der Waals surface area contributed by atoms with Crippen molar-refractivity contribution in [3.63, 3.8) is 0 Å². The van der Waals surface area contributed by atoms with Crippen molar-refractivity contribution in [2.75, 3.05) is 32.0 Å². The molecule has 0 spiro atoms. The molecule has 0 aliphatic carbocycles. The van der Waals surface area contributed by atoms with Crippen LogP contribution in [0.5, 0.6) is 0 Å². The largest absolute Gasteiger partial charge is 0.416 e. The number of carbonyl (C=O) groups is 2. The van der Waals surface area contributed by atoms with Crippen molar-refractivity contribution in [3.05, 3.63) is 119 Å². The fraction of sp³-hybridized carbons (Fsp3) is 0.294. The quantitative estimate of drug-likeness (QED) is 0.0842. The van der Waals surface area contributed by atoms with Crippen molar-refractivity contribution in [2.24, 2.45) is 0 Å². The maximum absolute atomic E-state index is 12.6. The minimum Gasteiger partial charge on any atom is -0.399 e. The topological polar surface area (TPSA) is 93.5 Å². The molecule has 0 radical (unpaired) electrons. The van der Waals surface area contributed by atoms with Crippen molar-refractivity contribution in [2.45, 2.75) is 39.0 Å². The average Bonchev–Trinajstić information content (AvgIpc) is 2.99. The number of nitrogens with one attached hydrogen (secondary N) is 2. The number of anilines is 1. The number of carbonyl (C=O) groups excluding carboxylic acids is 2. The van der Waals surface area contributed by atoms with E-state index in [2.05, 4.69) is 16.7 Å². The Morgan fingerprint density at radius 3 is 2.20 bits per heavy atom. The summed E-state index contributed by atoms with van der Waals surface area (Å²) in [5.41, 5.74) is 7.30. The molecular formula is C34H39F4N3O3. The molecule has 3 aromatic carbocycles. The van der Waals surface area contributed by atoms with Gasteiger partial charge >= 0.3 is 6.18 Å². The fourth-order valence-corrected chi connectivity index (χ4v) is 3.87. The number of hydrogen-bond acceptors (Lipinski definition) is 6. The Morgan fingerprint density at radius 2 is 1.70 bits per heavy atom. The number of halogens is 4. The van der Waals surface area contributed by atoms with Gasteiger partial charge < -0.3 is 21.1 Å². The first-order chi connectivity index (χ1) is 20.9. The van der Waals surface area contributed by atoms with E-state index in [4.69, 9.17) is 10.5 Å². The Hall–Kier alpha value is -4.12. The molecule has 0 saturated heterocycles. The van der Waals surface area contributed by atoms with Crippen LogP contribution in [0.2, 0.25) is 0 Å². The molecule has 3 aromatic rings. The molecule has 236 valence electrons. The number of alkyl halides is 3. The first-order valence-corrected chi connectivity index (χ1v) is 14.0. The summed E-state index contributed by atoms with van der Waals surface area (Å²) in [5, 5.41) is 6.67. The van der Waals surface area contributed by atoms with Crippen LogP contribution in [0, 0.1) is 12.7 Å². The van der Waals surface area contributed by atoms with Crippen LogP contribution in [0.3, 0.4) is 0 Å². The normalized spacial score (nSPS) is 15.0. The van der Waals surface area contributed by atoms with Crippen LogP contribution in [0.15, 0.2) is 91.0 Å². The summed E-state index contributed by atoms with van der Waals surface area (Å²) in [6.07, 6.45) is 2.96. The molecule has 1 aliphatic rings. The second-order valence-corrected chi connectivity index (χ2v) is 10.0. The van der Waals surface area contributed by atoms with Crippen molar-refractivity contribution in [1.82, 2.24) is 10.6 Å². The van der Waals surface area contributed by atoms with E-state index in [9.17, 15) is 27.2 Å². The van der Waals surface area contributed by atoms with Gasteiger partial charge in [0.25, 0.3) is 0 Å². The maximum Gasteiger partial charge on any atom is 0.416 e. The van der Waals surface area contributed by atoms with Gasteiger partial charge in [-0.3, -0.25) is 9.59 Å². The van der Waals surface area contributed by atoms with Crippen molar-refractivity contribution >= 4 is 23.3 Å². The molecule has 4 rings (SSSR count). The standard InChI is InChI=1S/C20H26N2O3.C8H6F4.C6H7N/c1-15(23)5-6-17-7-9-18(10-8-17)20(16(2)24)22-12-11-21-19-4-3-13-25-14-19;1-5-2-3-6(4-7(5)9)8(10,11)12;7-6-4-2-1-3-5-6/h3-10,19-22H,11-14H2,1-2H3;2-4H,1H3;1-5H,7H2/b6-5+;;. The molecule has 44 heavy (non-hydrogen) atoms. The molecule has 2 unspecified atom stereocenters. The van der Waals surface area contributed by atoms with Gasteiger partial charge in [0.15, 0.2) is 11.6 Å². The Kier molecular flexibility index (Phi) is 15.2. The number of allylic oxidation sites excluding steroid dienone is 1. The van der Waals surface area contributed by atoms with Crippen LogP contribution < -0.4 is 16.4 Å². The zero-order valence-corrected chi connectivity index (χ0v) is 25.0. The van der Waals surface area contributed by atoms with Crippen molar-refractivity contribution < 1.29 is 31.9 Å². The van der Waals surface area contributed by atoms with Crippen LogP contribution in [0.1, 0.15) is 42.1 Å². The second kappa shape index (κ2) is 18.5. The molecule has 1 aliphatic heterocycles. The van der Waals surface area contributed by atoms with E-state index >= 15 is 0 Å². The zero-order chi connectivity index (χ0) is 32.5. The summed E-state index contributed by atoms with van der Waals surface area (Å²) in [6, 6.07) is 19.5. The van der Waals surface area contributed by atoms with Gasteiger partial charge in [-0.15, -0.1) is 0 Å². The summed E-state index contributed by atoms with van der Waals surface area (Å²) in [7, 11) is 0. The Labute approximate surface area is 256 Å². The Morgan fingerprint density at radius 1 is 1.02 bits per heavy atom. The first kappa shape index (κ1) is 36.1. The number of Topliss-reactive ketones (excluding diaryl/α,β-unsaturated/α-hetero) is 1. The van der Waals surface area contributed by atoms with Gasteiger partial charge in [-0.2, -0.15) is 13.2 Å². The van der Waals surface area contributed by atoms with Crippen LogP contribution in [-0.4, -0.2) is 43.9 Å². The molecular weight excluding hydrogens is 574 g/mol. The first-order valence-electron chi connectivity index (χ1n) is 14.0. The third kappa shape index (κ3) is 13.9. The Balaban J connectivity index is 0.000000290. The average molecular weight is 614 g/mol. The molecule has 2 atom stereocenters. The van der Waals surface area contributed by atoms with Crippen LogP contribution in [0.4, 0.5) is 23.2 Å². The predicted molar refractivity (Wildman–Crippen MR) is 166 cm³/mol. The molecule has 0 bridgehead atoms. The Bertz CT molecular complexity index is 1370. The summed E-state index contributed by atoms with van der Waals surface area (Å²) in [5.74, 6) is -0.740. The number of hydrogen-bond donors (Lipinski definition) is 3. The summed E-state index contributed by atoms with van der Waals surface area (Å²) in [4.78, 5) is 23.0. The van der Waals surface area contributed by atoms with E-state index in [-0.39, 0.29) is 29.2 Å². The number of ether oxygens (including phenoxy) is 1. The highest BCUT2D eigenvalue weighted by Crippen LogP contribution is 2.29. The molecule has 0 aromatic heterocycles. The minimum atomic E-state index is -4.46. The van der Waals surface area contributed by atoms with Gasteiger partial charge in [0.1, 0.15) is 5.82 Å². The number of para-hydroxylation sites is 1. The highest BCUT2D eigenvalue weighted by Gasteiger charge is 2.30. The molecule has 10 heteroatoms. The third-order valence-corrected chi connectivity index (χ3v) is 6.25. The summed E-state index contributed by atoms with van der Waals surface area (Å²) in [6.45, 7) is 7.32. The highest BCUT2D eigenvalue weighted by molar-refractivity contribution is 5.91. The van der Waals surface area contributed by atoms with Crippen LogP contribution in [-0.2, 0) is 20.5 Å². The van der Waals surface area contributed by atoms with E-state index in [1.165, 1.54) is 19.9 Å². The van der Waals surface area contributed by atoms with E-state index < -0.39 is 17.6 Å². The number of ketones is 2. The number of benzene rings is 3. The van der Waals surface area contributed by atoms with Gasteiger partial charge in [-0.05, 0) is 67.8 Å². The number of nitrogens with two attached hydrogens (primary N) is 1. The number of aryl methyl sites for hydroxylation is 1. The fourth-order valence-electron chi connectivity index (χ4n) is 3.87. The maximum atomic E-state index is 12.6. The lowest BCUT2D eigenvalue weighted by atomic mass is 10.0. The zero-order valence-electron chi connectivity index (χ0n) is 25.0. The van der Waals surface area contributed by atoms with Crippen LogP contribution >= 0.6 is 0 Å². The lowest BCUT2D eigenvalue weighted by Crippen LogP contribution is -2.39. The number of rotatable bonds is 9. The van der Waals surface area contributed by atoms with Gasteiger partial charge in [-0.25, -0.2) is 4.39 Å². The van der Waals surface area contributed by atoms with Gasteiger partial charge in [0.2, 0.25) is 0 Å². The lowest BCUT2D eigenvalue weighted by Gasteiger charge is -2.20. The predicted octanol–water partition coefficient (Wildman–Crippen LogP) is 6.47. The lowest BCUT2D eigenvalue weighted by molar-refractivity contribution is -0.137. The molecule has 0 amide bonds. The summed E-state index contributed by atoms with van der Waals surface area (Å²) < 4.78 is 53.8. The van der Waals surface area contributed by atoms with Gasteiger partial charge in [0, 0.05) is 24.8 Å². The van der Waals surface area contributed by atoms with Crippen molar-refractivity contribution in [1.29, 1.82) is 0 Å². The molecule has 0 fully saturated rings. The SMILES string of the molecule is CC(=O)/C=C/c1ccc(C(NCCNC2C=CCOC2)C(C)=O)cc1.Cc1ccc(C(F)(F)F)cc1F.Nc1ccccc1. The minimum absolute atomic E-state index is 0.0121. The molecule has 1 heterocycles. The van der Waals surface area contributed by atoms with Crippen molar-refractivity contribution in [3.8, 4) is 0 Å². The van der Waals surface area contributed by atoms with Gasteiger partial charge in [-0.1, -0.05) is 66.8 Å². The van der Waals surface area contributed by atoms with Gasteiger partial charge in [0.05, 0.1) is 24.8 Å². The second-order valence-electron chi connectivity index (χ2n) is 10.0. The molecule has 6 nitrogen and oxygen atoms in total. The summed E-state index contributed by atoms with van der Waals surface area (Å²) >= 11 is 0. The van der Waals surface area contributed by atoms with E-state index in [0.29, 0.717) is 25.8 Å². The van der Waals surface area contributed by atoms with E-state index in [1.807, 2.05) is 60.7 Å². The third-order valence-electron chi connectivity index (χ3n) is 6.25. The van der Waals surface area contributed by atoms with E-state index in [0.717, 1.165) is 35.5 Å². The van der Waals surface area contributed by atoms with Crippen LogP contribution in [0.25, 0.3) is 6.08 Å². The number of nitrogen functional groups attached to an aromatic ring is 1. The van der Waals surface area contributed by atoms with E-state index in [1.54, 1.807) is 13.0 Å². The molecule has 4 N–H and O–H groups in total. The molecule has 0 saturated carbocycles. The smallest absolute Gasteiger partial charge is 0.399 e. The monoisotopic (exact) mass is 613 g/mol. The highest BCUT2D eigenvalue weighted by atomic mass is 19.4.